The monoisotopic (exact) mass is 251 g/mol. The third kappa shape index (κ3) is 2.64. The number of hydrogen-bond acceptors (Lipinski definition) is 2. The first-order valence-electron chi connectivity index (χ1n) is 5.24. The van der Waals surface area contributed by atoms with E-state index in [-0.39, 0.29) is 0 Å². The minimum Gasteiger partial charge on any atom is -0.313 e. The molecular weight excluding hydrogens is 238 g/mol. The number of rotatable bonds is 4. The largest absolute Gasteiger partial charge is 0.313 e. The fourth-order valence-electron chi connectivity index (χ4n) is 1.74. The van der Waals surface area contributed by atoms with Crippen LogP contribution in [-0.2, 0) is 6.42 Å². The number of benzene rings is 1. The molecule has 1 atom stereocenters. The summed E-state index contributed by atoms with van der Waals surface area (Å²) in [5.74, 6) is 0. The Morgan fingerprint density at radius 2 is 2.12 bits per heavy atom. The predicted molar refractivity (Wildman–Crippen MR) is 71.3 cm³/mol. The van der Waals surface area contributed by atoms with E-state index in [1.165, 1.54) is 11.1 Å². The summed E-state index contributed by atoms with van der Waals surface area (Å²) in [5.41, 5.74) is 2.52. The minimum atomic E-state index is 0.339. The van der Waals surface area contributed by atoms with E-state index in [1.54, 1.807) is 11.3 Å². The molecule has 0 spiro atoms. The lowest BCUT2D eigenvalue weighted by Gasteiger charge is -2.15. The van der Waals surface area contributed by atoms with Crippen molar-refractivity contribution in [3.8, 4) is 0 Å². The number of likely N-dealkylation sites (N-methyl/N-ethyl adjacent to an activating group) is 1. The van der Waals surface area contributed by atoms with E-state index in [0.717, 1.165) is 11.4 Å². The highest BCUT2D eigenvalue weighted by Crippen LogP contribution is 2.24. The maximum atomic E-state index is 6.16. The smallest absolute Gasteiger partial charge is 0.0438 e. The normalized spacial score (nSPS) is 12.6. The van der Waals surface area contributed by atoms with E-state index < -0.39 is 0 Å². The molecule has 2 aromatic rings. The third-order valence-electron chi connectivity index (χ3n) is 2.68. The van der Waals surface area contributed by atoms with Gasteiger partial charge in [0.2, 0.25) is 0 Å². The third-order valence-corrected chi connectivity index (χ3v) is 3.75. The summed E-state index contributed by atoms with van der Waals surface area (Å²) in [6.07, 6.45) is 0.924. The molecule has 3 heteroatoms. The van der Waals surface area contributed by atoms with E-state index in [1.807, 2.05) is 25.2 Å². The van der Waals surface area contributed by atoms with Gasteiger partial charge in [0.05, 0.1) is 0 Å². The molecule has 16 heavy (non-hydrogen) atoms. The van der Waals surface area contributed by atoms with Crippen LogP contribution < -0.4 is 5.32 Å². The van der Waals surface area contributed by atoms with Gasteiger partial charge in [0.1, 0.15) is 0 Å². The molecule has 0 radical (unpaired) electrons. The Hall–Kier alpha value is -0.830. The summed E-state index contributed by atoms with van der Waals surface area (Å²) >= 11 is 7.89. The Kier molecular flexibility index (Phi) is 3.99. The number of thiophene rings is 1. The fraction of sp³-hybridized carbons (Fsp3) is 0.231. The number of hydrogen-bond donors (Lipinski definition) is 1. The van der Waals surface area contributed by atoms with Gasteiger partial charge < -0.3 is 5.32 Å². The highest BCUT2D eigenvalue weighted by molar-refractivity contribution is 7.07. The summed E-state index contributed by atoms with van der Waals surface area (Å²) in [6, 6.07) is 10.5. The Bertz CT molecular complexity index is 439. The lowest BCUT2D eigenvalue weighted by Crippen LogP contribution is -2.18. The van der Waals surface area contributed by atoms with Crippen molar-refractivity contribution >= 4 is 22.9 Å². The van der Waals surface area contributed by atoms with Gasteiger partial charge in [-0.1, -0.05) is 29.8 Å². The fourth-order valence-corrected chi connectivity index (χ4v) is 2.67. The molecule has 0 amide bonds. The molecule has 0 bridgehead atoms. The molecule has 1 aromatic heterocycles. The molecule has 1 nitrogen and oxygen atoms in total. The van der Waals surface area contributed by atoms with Gasteiger partial charge in [-0.05, 0) is 47.5 Å². The standard InChI is InChI=1S/C13H14ClNS/c1-15-13(11-6-7-16-9-11)8-10-4-2-3-5-12(10)14/h2-7,9,13,15H,8H2,1H3. The van der Waals surface area contributed by atoms with Crippen molar-refractivity contribution in [2.24, 2.45) is 0 Å². The molecule has 1 unspecified atom stereocenters. The molecule has 0 saturated heterocycles. The summed E-state index contributed by atoms with van der Waals surface area (Å²) < 4.78 is 0. The lowest BCUT2D eigenvalue weighted by molar-refractivity contribution is 0.594. The lowest BCUT2D eigenvalue weighted by atomic mass is 10.0. The second kappa shape index (κ2) is 5.48. The molecule has 0 saturated carbocycles. The van der Waals surface area contributed by atoms with Crippen LogP contribution in [0.4, 0.5) is 0 Å². The van der Waals surface area contributed by atoms with Crippen molar-refractivity contribution in [3.63, 3.8) is 0 Å². The zero-order chi connectivity index (χ0) is 11.4. The van der Waals surface area contributed by atoms with Crippen LogP contribution in [0.25, 0.3) is 0 Å². The topological polar surface area (TPSA) is 12.0 Å². The van der Waals surface area contributed by atoms with Crippen molar-refractivity contribution in [2.45, 2.75) is 12.5 Å². The SMILES string of the molecule is CNC(Cc1ccccc1Cl)c1ccsc1. The van der Waals surface area contributed by atoms with E-state index in [2.05, 4.69) is 28.2 Å². The van der Waals surface area contributed by atoms with Crippen LogP contribution >= 0.6 is 22.9 Å². The van der Waals surface area contributed by atoms with E-state index in [4.69, 9.17) is 11.6 Å². The van der Waals surface area contributed by atoms with Crippen LogP contribution in [0.1, 0.15) is 17.2 Å². The van der Waals surface area contributed by atoms with E-state index in [0.29, 0.717) is 6.04 Å². The molecule has 0 aliphatic rings. The second-order valence-corrected chi connectivity index (χ2v) is 4.88. The predicted octanol–water partition coefficient (Wildman–Crippen LogP) is 3.90. The highest BCUT2D eigenvalue weighted by atomic mass is 35.5. The molecule has 1 N–H and O–H groups in total. The van der Waals surface area contributed by atoms with Crippen molar-refractivity contribution < 1.29 is 0 Å². The van der Waals surface area contributed by atoms with Crippen molar-refractivity contribution in [1.29, 1.82) is 0 Å². The van der Waals surface area contributed by atoms with Gasteiger partial charge >= 0.3 is 0 Å². The Labute approximate surface area is 105 Å². The van der Waals surface area contributed by atoms with Crippen molar-refractivity contribution in [3.05, 3.63) is 57.2 Å². The molecule has 1 heterocycles. The van der Waals surface area contributed by atoms with Crippen LogP contribution in [-0.4, -0.2) is 7.05 Å². The number of nitrogens with one attached hydrogen (secondary N) is 1. The Morgan fingerprint density at radius 1 is 1.31 bits per heavy atom. The molecular formula is C13H14ClNS. The van der Waals surface area contributed by atoms with Gasteiger partial charge in [0, 0.05) is 11.1 Å². The first kappa shape index (κ1) is 11.6. The highest BCUT2D eigenvalue weighted by Gasteiger charge is 2.11. The molecule has 1 aromatic carbocycles. The minimum absolute atomic E-state index is 0.339. The first-order valence-corrected chi connectivity index (χ1v) is 6.56. The maximum absolute atomic E-state index is 6.16. The molecule has 0 aliphatic heterocycles. The van der Waals surface area contributed by atoms with Crippen LogP contribution in [0.5, 0.6) is 0 Å². The summed E-state index contributed by atoms with van der Waals surface area (Å²) in [5, 5.41) is 8.46. The van der Waals surface area contributed by atoms with Gasteiger partial charge in [-0.2, -0.15) is 11.3 Å². The summed E-state index contributed by atoms with van der Waals surface area (Å²) in [4.78, 5) is 0. The van der Waals surface area contributed by atoms with Crippen molar-refractivity contribution in [2.75, 3.05) is 7.05 Å². The Balaban J connectivity index is 2.17. The maximum Gasteiger partial charge on any atom is 0.0438 e. The van der Waals surface area contributed by atoms with Crippen LogP contribution in [0.2, 0.25) is 5.02 Å². The Morgan fingerprint density at radius 3 is 2.75 bits per heavy atom. The molecule has 0 fully saturated rings. The zero-order valence-electron chi connectivity index (χ0n) is 9.11. The molecule has 84 valence electrons. The van der Waals surface area contributed by atoms with Gasteiger partial charge in [-0.15, -0.1) is 0 Å². The van der Waals surface area contributed by atoms with Crippen LogP contribution in [0.3, 0.4) is 0 Å². The van der Waals surface area contributed by atoms with Crippen molar-refractivity contribution in [1.82, 2.24) is 5.32 Å². The number of halogens is 1. The van der Waals surface area contributed by atoms with Crippen LogP contribution in [0, 0.1) is 0 Å². The quantitative estimate of drug-likeness (QED) is 0.869. The zero-order valence-corrected chi connectivity index (χ0v) is 10.7. The van der Waals surface area contributed by atoms with E-state index in [9.17, 15) is 0 Å². The summed E-state index contributed by atoms with van der Waals surface area (Å²) in [6.45, 7) is 0. The summed E-state index contributed by atoms with van der Waals surface area (Å²) in [7, 11) is 1.99. The van der Waals surface area contributed by atoms with Crippen LogP contribution in [0.15, 0.2) is 41.1 Å². The molecule has 2 rings (SSSR count). The van der Waals surface area contributed by atoms with Gasteiger partial charge in [0.25, 0.3) is 0 Å². The average molecular weight is 252 g/mol. The molecule has 0 aliphatic carbocycles. The van der Waals surface area contributed by atoms with Gasteiger partial charge in [-0.25, -0.2) is 0 Å². The van der Waals surface area contributed by atoms with Gasteiger partial charge in [-0.3, -0.25) is 0 Å². The van der Waals surface area contributed by atoms with Gasteiger partial charge in [0.15, 0.2) is 0 Å². The second-order valence-electron chi connectivity index (χ2n) is 3.69. The van der Waals surface area contributed by atoms with E-state index >= 15 is 0 Å². The first-order chi connectivity index (χ1) is 7.81. The average Bonchev–Trinajstić information content (AvgIpc) is 2.81.